The van der Waals surface area contributed by atoms with E-state index in [1.807, 2.05) is 24.5 Å². The highest BCUT2D eigenvalue weighted by molar-refractivity contribution is 8.02. The molecule has 1 aromatic rings. The highest BCUT2D eigenvalue weighted by Gasteiger charge is 1.94. The smallest absolute Gasteiger partial charge is 0.0939 e. The van der Waals surface area contributed by atoms with Crippen molar-refractivity contribution >= 4 is 17.4 Å². The number of rotatable bonds is 3. The standard InChI is InChI=1S/C9H9N3S/c1-13-9(2-5-10)12-8-3-6-11-7-4-8/h2-4,6-7H,1H3,(H,11,12)/b9-2-. The molecule has 0 fully saturated rings. The molecule has 0 aliphatic carbocycles. The lowest BCUT2D eigenvalue weighted by Crippen LogP contribution is -1.94. The van der Waals surface area contributed by atoms with E-state index in [4.69, 9.17) is 5.26 Å². The number of aromatic nitrogens is 1. The molecule has 0 aliphatic rings. The number of hydrogen-bond acceptors (Lipinski definition) is 4. The van der Waals surface area contributed by atoms with Crippen molar-refractivity contribution in [2.75, 3.05) is 11.6 Å². The molecule has 0 saturated heterocycles. The SMILES string of the molecule is CS/C(=C\C#N)Nc1ccncc1. The molecule has 1 rings (SSSR count). The Morgan fingerprint density at radius 2 is 2.31 bits per heavy atom. The molecule has 1 N–H and O–H groups in total. The fourth-order valence-corrected chi connectivity index (χ4v) is 1.17. The van der Waals surface area contributed by atoms with Crippen LogP contribution < -0.4 is 5.32 Å². The molecule has 0 amide bonds. The average Bonchev–Trinajstić information content (AvgIpc) is 2.19. The summed E-state index contributed by atoms with van der Waals surface area (Å²) in [5.41, 5.74) is 0.936. The first-order valence-corrected chi connectivity index (χ1v) is 4.90. The molecule has 0 unspecified atom stereocenters. The third kappa shape index (κ3) is 3.18. The summed E-state index contributed by atoms with van der Waals surface area (Å²) in [5, 5.41) is 12.4. The van der Waals surface area contributed by atoms with Crippen LogP contribution in [0.25, 0.3) is 0 Å². The Hall–Kier alpha value is -1.47. The van der Waals surface area contributed by atoms with Gasteiger partial charge in [0.25, 0.3) is 0 Å². The highest BCUT2D eigenvalue weighted by atomic mass is 32.2. The molecule has 13 heavy (non-hydrogen) atoms. The lowest BCUT2D eigenvalue weighted by atomic mass is 10.4. The summed E-state index contributed by atoms with van der Waals surface area (Å²) in [4.78, 5) is 3.89. The molecule has 0 spiro atoms. The molecule has 0 saturated carbocycles. The van der Waals surface area contributed by atoms with Gasteiger partial charge in [-0.05, 0) is 18.4 Å². The van der Waals surface area contributed by atoms with E-state index in [0.717, 1.165) is 10.7 Å². The second-order valence-corrected chi connectivity index (χ2v) is 3.05. The van der Waals surface area contributed by atoms with E-state index in [0.29, 0.717) is 0 Å². The van der Waals surface area contributed by atoms with Crippen molar-refractivity contribution in [3.63, 3.8) is 0 Å². The summed E-state index contributed by atoms with van der Waals surface area (Å²) in [6.07, 6.45) is 6.79. The van der Waals surface area contributed by atoms with Crippen molar-refractivity contribution in [1.29, 1.82) is 5.26 Å². The largest absolute Gasteiger partial charge is 0.350 e. The summed E-state index contributed by atoms with van der Waals surface area (Å²) in [5.74, 6) is 0. The van der Waals surface area contributed by atoms with Crippen LogP contribution in [0.2, 0.25) is 0 Å². The predicted molar refractivity (Wildman–Crippen MR) is 55.1 cm³/mol. The molecule has 3 nitrogen and oxygen atoms in total. The third-order valence-corrected chi connectivity index (χ3v) is 2.02. The van der Waals surface area contributed by atoms with Gasteiger partial charge in [-0.1, -0.05) is 0 Å². The molecule has 66 valence electrons. The van der Waals surface area contributed by atoms with Gasteiger partial charge >= 0.3 is 0 Å². The molecule has 0 bridgehead atoms. The first-order valence-electron chi connectivity index (χ1n) is 3.67. The molecule has 0 aromatic carbocycles. The third-order valence-electron chi connectivity index (χ3n) is 1.36. The zero-order valence-corrected chi connectivity index (χ0v) is 8.01. The molecule has 0 atom stereocenters. The van der Waals surface area contributed by atoms with Crippen LogP contribution in [0.3, 0.4) is 0 Å². The topological polar surface area (TPSA) is 48.7 Å². The molecule has 4 heteroatoms. The quantitative estimate of drug-likeness (QED) is 0.744. The molecule has 1 heterocycles. The molecular formula is C9H9N3S. The zero-order valence-electron chi connectivity index (χ0n) is 7.19. The van der Waals surface area contributed by atoms with Gasteiger partial charge in [0.15, 0.2) is 0 Å². The summed E-state index contributed by atoms with van der Waals surface area (Å²) >= 11 is 1.50. The van der Waals surface area contributed by atoms with Gasteiger partial charge < -0.3 is 5.32 Å². The fraction of sp³-hybridized carbons (Fsp3) is 0.111. The Bertz CT molecular complexity index is 326. The summed E-state index contributed by atoms with van der Waals surface area (Å²) in [6.45, 7) is 0. The number of thioether (sulfide) groups is 1. The van der Waals surface area contributed by atoms with Crippen molar-refractivity contribution < 1.29 is 0 Å². The van der Waals surface area contributed by atoms with Crippen molar-refractivity contribution in [2.45, 2.75) is 0 Å². The van der Waals surface area contributed by atoms with Crippen molar-refractivity contribution in [2.24, 2.45) is 0 Å². The minimum Gasteiger partial charge on any atom is -0.350 e. The fourth-order valence-electron chi connectivity index (χ4n) is 0.782. The lowest BCUT2D eigenvalue weighted by molar-refractivity contribution is 1.32. The Morgan fingerprint density at radius 1 is 1.62 bits per heavy atom. The van der Waals surface area contributed by atoms with Crippen molar-refractivity contribution in [3.05, 3.63) is 35.6 Å². The van der Waals surface area contributed by atoms with Crippen LogP contribution in [-0.2, 0) is 0 Å². The number of anilines is 1. The molecule has 1 aromatic heterocycles. The average molecular weight is 191 g/mol. The number of hydrogen-bond donors (Lipinski definition) is 1. The van der Waals surface area contributed by atoms with E-state index in [2.05, 4.69) is 10.3 Å². The Kier molecular flexibility index (Phi) is 3.86. The van der Waals surface area contributed by atoms with E-state index < -0.39 is 0 Å². The van der Waals surface area contributed by atoms with Gasteiger partial charge in [0.1, 0.15) is 0 Å². The van der Waals surface area contributed by atoms with E-state index in [-0.39, 0.29) is 0 Å². The van der Waals surface area contributed by atoms with Crippen LogP contribution >= 0.6 is 11.8 Å². The van der Waals surface area contributed by atoms with Gasteiger partial charge in [-0.3, -0.25) is 4.98 Å². The van der Waals surface area contributed by atoms with E-state index in [9.17, 15) is 0 Å². The minimum atomic E-state index is 0.828. The minimum absolute atomic E-state index is 0.828. The van der Waals surface area contributed by atoms with Crippen LogP contribution in [0.15, 0.2) is 35.6 Å². The molecular weight excluding hydrogens is 182 g/mol. The van der Waals surface area contributed by atoms with Crippen LogP contribution in [-0.4, -0.2) is 11.2 Å². The van der Waals surface area contributed by atoms with Crippen LogP contribution in [0, 0.1) is 11.3 Å². The Balaban J connectivity index is 2.69. The predicted octanol–water partition coefficient (Wildman–Crippen LogP) is 2.22. The van der Waals surface area contributed by atoms with Crippen molar-refractivity contribution in [1.82, 2.24) is 4.98 Å². The van der Waals surface area contributed by atoms with Gasteiger partial charge in [0, 0.05) is 24.2 Å². The lowest BCUT2D eigenvalue weighted by Gasteiger charge is -2.05. The first kappa shape index (κ1) is 9.62. The van der Waals surface area contributed by atoms with Gasteiger partial charge in [0.2, 0.25) is 0 Å². The summed E-state index contributed by atoms with van der Waals surface area (Å²) < 4.78 is 0. The first-order chi connectivity index (χ1) is 6.36. The van der Waals surface area contributed by atoms with Crippen molar-refractivity contribution in [3.8, 4) is 6.07 Å². The number of pyridine rings is 1. The van der Waals surface area contributed by atoms with E-state index in [1.165, 1.54) is 17.8 Å². The van der Waals surface area contributed by atoms with Gasteiger partial charge in [-0.25, -0.2) is 0 Å². The molecule has 0 radical (unpaired) electrons. The zero-order chi connectivity index (χ0) is 9.52. The van der Waals surface area contributed by atoms with Crippen LogP contribution in [0.1, 0.15) is 0 Å². The highest BCUT2D eigenvalue weighted by Crippen LogP contribution is 2.15. The second kappa shape index (κ2) is 5.22. The number of allylic oxidation sites excluding steroid dienone is 1. The van der Waals surface area contributed by atoms with Gasteiger partial charge in [-0.15, -0.1) is 11.8 Å². The van der Waals surface area contributed by atoms with Gasteiger partial charge in [0.05, 0.1) is 11.1 Å². The number of nitrogens with one attached hydrogen (secondary N) is 1. The maximum absolute atomic E-state index is 8.45. The Labute approximate surface area is 81.5 Å². The number of nitrogens with zero attached hydrogens (tertiary/aromatic N) is 2. The normalized spacial score (nSPS) is 10.6. The maximum Gasteiger partial charge on any atom is 0.0939 e. The van der Waals surface area contributed by atoms with E-state index in [1.54, 1.807) is 12.4 Å². The molecule has 0 aliphatic heterocycles. The summed E-state index contributed by atoms with van der Waals surface area (Å²) in [6, 6.07) is 5.68. The second-order valence-electron chi connectivity index (χ2n) is 2.20. The van der Waals surface area contributed by atoms with Gasteiger partial charge in [-0.2, -0.15) is 5.26 Å². The maximum atomic E-state index is 8.45. The van der Waals surface area contributed by atoms with Crippen LogP contribution in [0.5, 0.6) is 0 Å². The van der Waals surface area contributed by atoms with E-state index >= 15 is 0 Å². The summed E-state index contributed by atoms with van der Waals surface area (Å²) in [7, 11) is 0. The Morgan fingerprint density at radius 3 is 2.85 bits per heavy atom. The van der Waals surface area contributed by atoms with Crippen LogP contribution in [0.4, 0.5) is 5.69 Å². The number of nitriles is 1. The monoisotopic (exact) mass is 191 g/mol.